The molecule has 0 aliphatic carbocycles. The highest BCUT2D eigenvalue weighted by atomic mass is 32.2. The van der Waals surface area contributed by atoms with Crippen molar-refractivity contribution < 1.29 is 17.2 Å². The van der Waals surface area contributed by atoms with Gasteiger partial charge in [0.25, 0.3) is 0 Å². The molecule has 0 aromatic heterocycles. The van der Waals surface area contributed by atoms with E-state index < -0.39 is 32.4 Å². The van der Waals surface area contributed by atoms with E-state index in [9.17, 15) is 17.2 Å². The van der Waals surface area contributed by atoms with Crippen molar-refractivity contribution in [3.63, 3.8) is 0 Å². The molecule has 1 aromatic carbocycles. The zero-order chi connectivity index (χ0) is 11.6. The number of sulfone groups is 1. The number of benzene rings is 1. The Balaban J connectivity index is 3.16. The molecule has 0 radical (unpaired) electrons. The van der Waals surface area contributed by atoms with Gasteiger partial charge in [-0.2, -0.15) is 0 Å². The molecule has 0 saturated carbocycles. The maximum Gasteiger partial charge on any atom is 0.182 e. The molecule has 3 nitrogen and oxygen atoms in total. The van der Waals surface area contributed by atoms with Crippen LogP contribution in [-0.4, -0.2) is 20.2 Å². The van der Waals surface area contributed by atoms with Gasteiger partial charge in [-0.3, -0.25) is 0 Å². The summed E-state index contributed by atoms with van der Waals surface area (Å²) in [5.74, 6) is -2.27. The molecule has 0 saturated heterocycles. The number of halogens is 2. The van der Waals surface area contributed by atoms with Crippen molar-refractivity contribution in [3.8, 4) is 0 Å². The largest absolute Gasteiger partial charge is 0.327 e. The second-order valence-electron chi connectivity index (χ2n) is 3.33. The number of hydrogen-bond donors (Lipinski definition) is 1. The first-order valence-electron chi connectivity index (χ1n) is 4.26. The Kier molecular flexibility index (Phi) is 3.41. The van der Waals surface area contributed by atoms with Gasteiger partial charge in [0, 0.05) is 12.1 Å². The Hall–Kier alpha value is -1.01. The van der Waals surface area contributed by atoms with Crippen LogP contribution in [0.4, 0.5) is 8.78 Å². The molecule has 1 rings (SSSR count). The Morgan fingerprint density at radius 3 is 2.47 bits per heavy atom. The summed E-state index contributed by atoms with van der Waals surface area (Å²) in [5.41, 5.74) is 5.32. The van der Waals surface area contributed by atoms with Gasteiger partial charge in [0.15, 0.2) is 9.84 Å². The summed E-state index contributed by atoms with van der Waals surface area (Å²) in [7, 11) is -3.77. The lowest BCUT2D eigenvalue weighted by Gasteiger charge is -2.07. The lowest BCUT2D eigenvalue weighted by molar-refractivity contribution is 0.547. The highest BCUT2D eigenvalue weighted by Gasteiger charge is 2.20. The number of nitrogens with two attached hydrogens (primary N) is 1. The summed E-state index contributed by atoms with van der Waals surface area (Å²) in [6.07, 6.45) is 0. The van der Waals surface area contributed by atoms with E-state index in [1.54, 1.807) is 0 Å². The minimum atomic E-state index is -3.77. The second-order valence-corrected chi connectivity index (χ2v) is 5.34. The van der Waals surface area contributed by atoms with Gasteiger partial charge in [0.05, 0.1) is 5.75 Å². The molecule has 84 valence electrons. The third-order valence-corrected chi connectivity index (χ3v) is 3.68. The Labute approximate surface area is 86.8 Å². The summed E-state index contributed by atoms with van der Waals surface area (Å²) in [6.45, 7) is 1.50. The van der Waals surface area contributed by atoms with Crippen molar-refractivity contribution >= 4 is 9.84 Å². The van der Waals surface area contributed by atoms with Gasteiger partial charge in [-0.15, -0.1) is 0 Å². The van der Waals surface area contributed by atoms with E-state index in [1.807, 2.05) is 0 Å². The highest BCUT2D eigenvalue weighted by Crippen LogP contribution is 2.17. The molecule has 0 fully saturated rings. The topological polar surface area (TPSA) is 60.2 Å². The van der Waals surface area contributed by atoms with Crippen molar-refractivity contribution in [3.05, 3.63) is 29.8 Å². The van der Waals surface area contributed by atoms with E-state index >= 15 is 0 Å². The van der Waals surface area contributed by atoms with E-state index in [4.69, 9.17) is 5.73 Å². The van der Waals surface area contributed by atoms with Gasteiger partial charge < -0.3 is 5.73 Å². The van der Waals surface area contributed by atoms with Crippen LogP contribution in [0.15, 0.2) is 23.1 Å². The van der Waals surface area contributed by atoms with Crippen LogP contribution in [0, 0.1) is 11.6 Å². The maximum absolute atomic E-state index is 13.1. The van der Waals surface area contributed by atoms with Gasteiger partial charge >= 0.3 is 0 Å². The van der Waals surface area contributed by atoms with Crippen molar-refractivity contribution in [2.75, 3.05) is 5.75 Å². The van der Waals surface area contributed by atoms with Gasteiger partial charge in [-0.1, -0.05) is 0 Å². The first-order chi connectivity index (χ1) is 6.83. The minimum absolute atomic E-state index is 0.366. The van der Waals surface area contributed by atoms with Gasteiger partial charge in [-0.05, 0) is 19.1 Å². The van der Waals surface area contributed by atoms with Crippen LogP contribution >= 0.6 is 0 Å². The Bertz CT molecular complexity index is 457. The minimum Gasteiger partial charge on any atom is -0.327 e. The fraction of sp³-hybridized carbons (Fsp3) is 0.333. The van der Waals surface area contributed by atoms with Gasteiger partial charge in [0.2, 0.25) is 0 Å². The quantitative estimate of drug-likeness (QED) is 0.798. The molecule has 6 heteroatoms. The van der Waals surface area contributed by atoms with Crippen LogP contribution in [0.3, 0.4) is 0 Å². The first-order valence-corrected chi connectivity index (χ1v) is 5.91. The molecule has 0 bridgehead atoms. The predicted octanol–water partition coefficient (Wildman–Crippen LogP) is 1.09. The van der Waals surface area contributed by atoms with Crippen LogP contribution in [0.5, 0.6) is 0 Å². The second kappa shape index (κ2) is 4.24. The monoisotopic (exact) mass is 235 g/mol. The highest BCUT2D eigenvalue weighted by molar-refractivity contribution is 7.91. The van der Waals surface area contributed by atoms with Crippen molar-refractivity contribution in [1.29, 1.82) is 0 Å². The fourth-order valence-electron chi connectivity index (χ4n) is 1.16. The summed E-state index contributed by atoms with van der Waals surface area (Å²) in [5, 5.41) is 0. The van der Waals surface area contributed by atoms with Gasteiger partial charge in [0.1, 0.15) is 16.5 Å². The molecule has 1 atom stereocenters. The van der Waals surface area contributed by atoms with Crippen LogP contribution in [-0.2, 0) is 9.84 Å². The zero-order valence-corrected chi connectivity index (χ0v) is 8.89. The van der Waals surface area contributed by atoms with E-state index in [-0.39, 0.29) is 5.75 Å². The van der Waals surface area contributed by atoms with E-state index in [2.05, 4.69) is 0 Å². The predicted molar refractivity (Wildman–Crippen MR) is 52.1 cm³/mol. The maximum atomic E-state index is 13.1. The molecule has 0 aliphatic rings. The molecular formula is C9H11F2NO2S. The average Bonchev–Trinajstić information content (AvgIpc) is 1.99. The van der Waals surface area contributed by atoms with Crippen LogP contribution in [0.1, 0.15) is 6.92 Å². The van der Waals surface area contributed by atoms with Gasteiger partial charge in [-0.25, -0.2) is 17.2 Å². The third kappa shape index (κ3) is 2.97. The lowest BCUT2D eigenvalue weighted by atomic mass is 10.3. The average molecular weight is 235 g/mol. The Morgan fingerprint density at radius 2 is 2.00 bits per heavy atom. The van der Waals surface area contributed by atoms with Crippen molar-refractivity contribution in [1.82, 2.24) is 0 Å². The SMILES string of the molecule is CC(N)CS(=O)(=O)c1ccc(F)cc1F. The molecule has 1 aromatic rings. The lowest BCUT2D eigenvalue weighted by Crippen LogP contribution is -2.26. The van der Waals surface area contributed by atoms with Crippen molar-refractivity contribution in [2.45, 2.75) is 17.9 Å². The molecule has 15 heavy (non-hydrogen) atoms. The summed E-state index contributed by atoms with van der Waals surface area (Å²) in [6, 6.07) is 1.74. The smallest absolute Gasteiger partial charge is 0.182 e. The Morgan fingerprint density at radius 1 is 1.40 bits per heavy atom. The summed E-state index contributed by atoms with van der Waals surface area (Å²) < 4.78 is 48.7. The van der Waals surface area contributed by atoms with E-state index in [0.717, 1.165) is 12.1 Å². The van der Waals surface area contributed by atoms with Crippen LogP contribution < -0.4 is 5.73 Å². The molecular weight excluding hydrogens is 224 g/mol. The van der Waals surface area contributed by atoms with E-state index in [0.29, 0.717) is 6.07 Å². The summed E-state index contributed by atoms with van der Waals surface area (Å²) in [4.78, 5) is -0.513. The van der Waals surface area contributed by atoms with Crippen molar-refractivity contribution in [2.24, 2.45) is 5.73 Å². The van der Waals surface area contributed by atoms with E-state index in [1.165, 1.54) is 6.92 Å². The fourth-order valence-corrected chi connectivity index (χ4v) is 2.67. The molecule has 1 unspecified atom stereocenters. The zero-order valence-electron chi connectivity index (χ0n) is 8.07. The molecule has 0 amide bonds. The number of hydrogen-bond acceptors (Lipinski definition) is 3. The first kappa shape index (κ1) is 12.1. The van der Waals surface area contributed by atoms with Crippen LogP contribution in [0.2, 0.25) is 0 Å². The standard InChI is InChI=1S/C9H11F2NO2S/c1-6(12)5-15(13,14)9-3-2-7(10)4-8(9)11/h2-4,6H,5,12H2,1H3. The normalized spacial score (nSPS) is 13.9. The molecule has 0 aliphatic heterocycles. The number of rotatable bonds is 3. The molecule has 2 N–H and O–H groups in total. The summed E-state index contributed by atoms with van der Waals surface area (Å²) >= 11 is 0. The third-order valence-electron chi connectivity index (χ3n) is 1.71. The molecule has 0 heterocycles. The molecule has 0 spiro atoms. The van der Waals surface area contributed by atoms with Crippen LogP contribution in [0.25, 0.3) is 0 Å².